The summed E-state index contributed by atoms with van der Waals surface area (Å²) in [5.41, 5.74) is 2.54. The van der Waals surface area contributed by atoms with Crippen molar-refractivity contribution in [3.63, 3.8) is 0 Å². The Hall–Kier alpha value is -1.62. The molecule has 0 amide bonds. The van der Waals surface area contributed by atoms with E-state index in [0.29, 0.717) is 6.61 Å². The fraction of sp³-hybridized carbons (Fsp3) is 0.538. The zero-order valence-electron chi connectivity index (χ0n) is 11.1. The summed E-state index contributed by atoms with van der Waals surface area (Å²) >= 11 is 0. The molecule has 1 aliphatic rings. The highest BCUT2D eigenvalue weighted by Gasteiger charge is 2.30. The topological polar surface area (TPSA) is 57.7 Å². The molecule has 0 radical (unpaired) electrons. The highest BCUT2D eigenvalue weighted by atomic mass is 16.7. The standard InChI is InChI=1S/C13H17NO4/c1-8-12-11(7-17-13(3,4)18-12)10(5-14-8)6-16-9(2)15/h5H,6-7H2,1-4H3. The predicted octanol–water partition coefficient (Wildman–Crippen LogP) is 2.10. The van der Waals surface area contributed by atoms with Crippen molar-refractivity contribution in [3.8, 4) is 5.75 Å². The Morgan fingerprint density at radius 1 is 1.56 bits per heavy atom. The van der Waals surface area contributed by atoms with E-state index in [1.54, 1.807) is 6.20 Å². The summed E-state index contributed by atoms with van der Waals surface area (Å²) in [6.45, 7) is 7.60. The van der Waals surface area contributed by atoms with Gasteiger partial charge in [0.05, 0.1) is 12.3 Å². The van der Waals surface area contributed by atoms with Gasteiger partial charge in [0.25, 0.3) is 0 Å². The smallest absolute Gasteiger partial charge is 0.302 e. The summed E-state index contributed by atoms with van der Waals surface area (Å²) in [5, 5.41) is 0. The minimum Gasteiger partial charge on any atom is -0.461 e. The maximum Gasteiger partial charge on any atom is 0.302 e. The van der Waals surface area contributed by atoms with Gasteiger partial charge >= 0.3 is 5.97 Å². The number of pyridine rings is 1. The highest BCUT2D eigenvalue weighted by Crippen LogP contribution is 2.35. The first-order valence-corrected chi connectivity index (χ1v) is 5.83. The van der Waals surface area contributed by atoms with E-state index in [-0.39, 0.29) is 12.6 Å². The summed E-state index contributed by atoms with van der Waals surface area (Å²) in [7, 11) is 0. The van der Waals surface area contributed by atoms with Crippen LogP contribution in [0.3, 0.4) is 0 Å². The highest BCUT2D eigenvalue weighted by molar-refractivity contribution is 5.66. The normalized spacial score (nSPS) is 16.7. The molecule has 98 valence electrons. The van der Waals surface area contributed by atoms with Crippen LogP contribution in [0.15, 0.2) is 6.20 Å². The van der Waals surface area contributed by atoms with Crippen LogP contribution in [0.1, 0.15) is 37.6 Å². The fourth-order valence-electron chi connectivity index (χ4n) is 1.79. The third-order valence-corrected chi connectivity index (χ3v) is 2.75. The lowest BCUT2D eigenvalue weighted by atomic mass is 10.1. The Kier molecular flexibility index (Phi) is 3.26. The summed E-state index contributed by atoms with van der Waals surface area (Å²) in [6.07, 6.45) is 1.70. The quantitative estimate of drug-likeness (QED) is 0.753. The molecule has 1 aromatic rings. The number of nitrogens with zero attached hydrogens (tertiary/aromatic N) is 1. The Balaban J connectivity index is 2.32. The number of ether oxygens (including phenoxy) is 3. The van der Waals surface area contributed by atoms with E-state index in [2.05, 4.69) is 4.98 Å². The Labute approximate surface area is 106 Å². The van der Waals surface area contributed by atoms with E-state index in [1.165, 1.54) is 6.92 Å². The minimum atomic E-state index is -0.653. The Morgan fingerprint density at radius 2 is 2.28 bits per heavy atom. The SMILES string of the molecule is CC(=O)OCc1cnc(C)c2c1COC(C)(C)O2. The van der Waals surface area contributed by atoms with E-state index >= 15 is 0 Å². The van der Waals surface area contributed by atoms with Gasteiger partial charge in [-0.1, -0.05) is 0 Å². The third kappa shape index (κ3) is 2.61. The lowest BCUT2D eigenvalue weighted by Gasteiger charge is -2.34. The third-order valence-electron chi connectivity index (χ3n) is 2.75. The number of esters is 1. The molecule has 2 heterocycles. The molecular weight excluding hydrogens is 234 g/mol. The lowest BCUT2D eigenvalue weighted by Crippen LogP contribution is -2.36. The maximum atomic E-state index is 10.9. The van der Waals surface area contributed by atoms with E-state index < -0.39 is 5.79 Å². The van der Waals surface area contributed by atoms with Crippen molar-refractivity contribution in [3.05, 3.63) is 23.0 Å². The van der Waals surface area contributed by atoms with Crippen molar-refractivity contribution >= 4 is 5.97 Å². The number of aromatic nitrogens is 1. The van der Waals surface area contributed by atoms with Gasteiger partial charge in [-0.25, -0.2) is 0 Å². The summed E-state index contributed by atoms with van der Waals surface area (Å²) in [6, 6.07) is 0. The van der Waals surface area contributed by atoms with Crippen LogP contribution in [-0.4, -0.2) is 16.7 Å². The second-order valence-electron chi connectivity index (χ2n) is 4.75. The van der Waals surface area contributed by atoms with Gasteiger partial charge in [-0.05, 0) is 6.92 Å². The van der Waals surface area contributed by atoms with Crippen molar-refractivity contribution in [2.24, 2.45) is 0 Å². The lowest BCUT2D eigenvalue weighted by molar-refractivity contribution is -0.181. The Bertz CT molecular complexity index is 482. The van der Waals surface area contributed by atoms with Crippen LogP contribution in [0.2, 0.25) is 0 Å². The molecule has 18 heavy (non-hydrogen) atoms. The van der Waals surface area contributed by atoms with Crippen LogP contribution in [-0.2, 0) is 27.5 Å². The molecule has 5 heteroatoms. The fourth-order valence-corrected chi connectivity index (χ4v) is 1.79. The second kappa shape index (κ2) is 4.57. The number of carbonyl (C=O) groups is 1. The van der Waals surface area contributed by atoms with Gasteiger partial charge in [-0.3, -0.25) is 9.78 Å². The molecule has 0 atom stereocenters. The number of aryl methyl sites for hydroxylation is 1. The van der Waals surface area contributed by atoms with E-state index in [1.807, 2.05) is 20.8 Å². The van der Waals surface area contributed by atoms with E-state index in [4.69, 9.17) is 14.2 Å². The minimum absolute atomic E-state index is 0.193. The number of carbonyl (C=O) groups excluding carboxylic acids is 1. The molecule has 0 bridgehead atoms. The van der Waals surface area contributed by atoms with Crippen LogP contribution in [0.5, 0.6) is 5.75 Å². The average Bonchev–Trinajstić information content (AvgIpc) is 2.28. The van der Waals surface area contributed by atoms with Crippen LogP contribution >= 0.6 is 0 Å². The molecule has 1 aliphatic heterocycles. The van der Waals surface area contributed by atoms with Crippen LogP contribution < -0.4 is 4.74 Å². The largest absolute Gasteiger partial charge is 0.461 e. The van der Waals surface area contributed by atoms with E-state index in [9.17, 15) is 4.79 Å². The monoisotopic (exact) mass is 251 g/mol. The van der Waals surface area contributed by atoms with Crippen molar-refractivity contribution in [1.82, 2.24) is 4.98 Å². The molecule has 0 saturated heterocycles. The predicted molar refractivity (Wildman–Crippen MR) is 63.9 cm³/mol. The van der Waals surface area contributed by atoms with Crippen LogP contribution in [0.4, 0.5) is 0 Å². The summed E-state index contributed by atoms with van der Waals surface area (Å²) < 4.78 is 16.4. The second-order valence-corrected chi connectivity index (χ2v) is 4.75. The van der Waals surface area contributed by atoms with Crippen molar-refractivity contribution in [2.45, 2.75) is 46.7 Å². The molecule has 5 nitrogen and oxygen atoms in total. The maximum absolute atomic E-state index is 10.9. The molecule has 1 aromatic heterocycles. The number of hydrogen-bond donors (Lipinski definition) is 0. The van der Waals surface area contributed by atoms with Gasteiger partial charge in [-0.15, -0.1) is 0 Å². The van der Waals surface area contributed by atoms with Gasteiger partial charge in [0.2, 0.25) is 5.79 Å². The summed E-state index contributed by atoms with van der Waals surface area (Å²) in [5.74, 6) is -0.238. The first-order valence-electron chi connectivity index (χ1n) is 5.83. The first-order chi connectivity index (χ1) is 8.39. The molecule has 0 saturated carbocycles. The van der Waals surface area contributed by atoms with Gasteiger partial charge in [-0.2, -0.15) is 0 Å². The van der Waals surface area contributed by atoms with Crippen molar-refractivity contribution in [1.29, 1.82) is 0 Å². The number of rotatable bonds is 2. The first kappa shape index (κ1) is 12.8. The molecule has 0 aromatic carbocycles. The molecule has 0 N–H and O–H groups in total. The Morgan fingerprint density at radius 3 is 2.94 bits per heavy atom. The molecule has 2 rings (SSSR count). The number of fused-ring (bicyclic) bond motifs is 1. The summed E-state index contributed by atoms with van der Waals surface area (Å²) in [4.78, 5) is 15.1. The van der Waals surface area contributed by atoms with Gasteiger partial charge in [0.1, 0.15) is 12.4 Å². The van der Waals surface area contributed by atoms with Crippen LogP contribution in [0, 0.1) is 6.92 Å². The zero-order chi connectivity index (χ0) is 13.3. The van der Waals surface area contributed by atoms with Crippen molar-refractivity contribution < 1.29 is 19.0 Å². The number of hydrogen-bond acceptors (Lipinski definition) is 5. The molecule has 0 spiro atoms. The van der Waals surface area contributed by atoms with Gasteiger partial charge in [0, 0.05) is 38.1 Å². The van der Waals surface area contributed by atoms with Gasteiger partial charge in [0.15, 0.2) is 0 Å². The molecule has 0 aliphatic carbocycles. The van der Waals surface area contributed by atoms with Gasteiger partial charge < -0.3 is 14.2 Å². The molecule has 0 fully saturated rings. The molecular formula is C13H17NO4. The van der Waals surface area contributed by atoms with E-state index in [0.717, 1.165) is 22.6 Å². The zero-order valence-corrected chi connectivity index (χ0v) is 11.1. The molecule has 0 unspecified atom stereocenters. The van der Waals surface area contributed by atoms with Crippen LogP contribution in [0.25, 0.3) is 0 Å². The van der Waals surface area contributed by atoms with Crippen molar-refractivity contribution in [2.75, 3.05) is 0 Å². The average molecular weight is 251 g/mol.